The van der Waals surface area contributed by atoms with Gasteiger partial charge in [0.05, 0.1) is 0 Å². The first-order valence-corrected chi connectivity index (χ1v) is 11.5. The Balaban J connectivity index is 1.91. The van der Waals surface area contributed by atoms with Crippen molar-refractivity contribution in [1.82, 2.24) is 20.4 Å². The third-order valence-corrected chi connectivity index (χ3v) is 5.99. The summed E-state index contributed by atoms with van der Waals surface area (Å²) in [5, 5.41) is 6.89. The maximum Gasteiger partial charge on any atom is 0.191 e. The maximum atomic E-state index is 13.5. The lowest BCUT2D eigenvalue weighted by Gasteiger charge is -2.40. The fourth-order valence-corrected chi connectivity index (χ4v) is 4.18. The van der Waals surface area contributed by atoms with E-state index >= 15 is 0 Å². The van der Waals surface area contributed by atoms with Crippen molar-refractivity contribution in [2.24, 2.45) is 10.9 Å². The SMILES string of the molecule is CN=C(NCc1ccc(F)cc1CSC)NCC(C(C)C)N1CCN(C)CC1. The molecule has 1 aliphatic heterocycles. The van der Waals surface area contributed by atoms with Gasteiger partial charge < -0.3 is 15.5 Å². The molecule has 1 saturated heterocycles. The number of nitrogens with zero attached hydrogens (tertiary/aromatic N) is 3. The van der Waals surface area contributed by atoms with Crippen molar-refractivity contribution in [3.63, 3.8) is 0 Å². The number of guanidine groups is 1. The Bertz CT molecular complexity index is 629. The molecule has 0 bridgehead atoms. The summed E-state index contributed by atoms with van der Waals surface area (Å²) in [7, 11) is 3.98. The van der Waals surface area contributed by atoms with Crippen LogP contribution in [-0.4, -0.2) is 74.9 Å². The quantitative estimate of drug-likeness (QED) is 0.510. The average Bonchev–Trinajstić information content (AvgIpc) is 2.67. The van der Waals surface area contributed by atoms with Gasteiger partial charge in [0.2, 0.25) is 0 Å². The minimum atomic E-state index is -0.178. The highest BCUT2D eigenvalue weighted by Crippen LogP contribution is 2.17. The molecule has 1 aliphatic rings. The Labute approximate surface area is 174 Å². The molecular formula is C21H36FN5S. The van der Waals surface area contributed by atoms with Gasteiger partial charge in [0.15, 0.2) is 5.96 Å². The van der Waals surface area contributed by atoms with Gasteiger partial charge >= 0.3 is 0 Å². The van der Waals surface area contributed by atoms with Gasteiger partial charge in [-0.25, -0.2) is 4.39 Å². The normalized spacial score (nSPS) is 17.8. The van der Waals surface area contributed by atoms with Crippen LogP contribution in [0.4, 0.5) is 4.39 Å². The van der Waals surface area contributed by atoms with E-state index < -0.39 is 0 Å². The molecule has 28 heavy (non-hydrogen) atoms. The number of likely N-dealkylation sites (N-methyl/N-ethyl adjacent to an activating group) is 1. The van der Waals surface area contributed by atoms with Crippen molar-refractivity contribution in [2.45, 2.75) is 32.2 Å². The third-order valence-electron chi connectivity index (χ3n) is 5.39. The lowest BCUT2D eigenvalue weighted by molar-refractivity contribution is 0.0900. The number of aliphatic imine (C=N–C) groups is 1. The molecule has 0 aliphatic carbocycles. The number of rotatable bonds is 8. The summed E-state index contributed by atoms with van der Waals surface area (Å²) >= 11 is 1.70. The molecule has 1 aromatic carbocycles. The fraction of sp³-hybridized carbons (Fsp3) is 0.667. The van der Waals surface area contributed by atoms with Gasteiger partial charge in [0.25, 0.3) is 0 Å². The fourth-order valence-electron chi connectivity index (χ4n) is 3.60. The van der Waals surface area contributed by atoms with Gasteiger partial charge in [0, 0.05) is 58.1 Å². The summed E-state index contributed by atoms with van der Waals surface area (Å²) in [6.45, 7) is 10.5. The highest BCUT2D eigenvalue weighted by molar-refractivity contribution is 7.97. The molecule has 0 spiro atoms. The molecule has 158 valence electrons. The molecule has 0 aromatic heterocycles. The second kappa shape index (κ2) is 11.6. The number of hydrogen-bond donors (Lipinski definition) is 2. The highest BCUT2D eigenvalue weighted by Gasteiger charge is 2.25. The standard InChI is InChI=1S/C21H36FN5S/c1-16(2)20(27-10-8-26(4)9-11-27)14-25-21(23-3)24-13-17-6-7-19(22)12-18(17)15-28-5/h6-7,12,16,20H,8-11,13-15H2,1-5H3,(H2,23,24,25). The number of benzene rings is 1. The van der Waals surface area contributed by atoms with Crippen LogP contribution in [-0.2, 0) is 12.3 Å². The molecule has 2 N–H and O–H groups in total. The third kappa shape index (κ3) is 6.94. The van der Waals surface area contributed by atoms with Crippen molar-refractivity contribution in [3.8, 4) is 0 Å². The first-order valence-electron chi connectivity index (χ1n) is 10.1. The van der Waals surface area contributed by atoms with Crippen LogP contribution in [0.15, 0.2) is 23.2 Å². The molecule has 1 aromatic rings. The largest absolute Gasteiger partial charge is 0.355 e. The molecule has 7 heteroatoms. The van der Waals surface area contributed by atoms with E-state index in [1.54, 1.807) is 24.9 Å². The Morgan fingerprint density at radius 1 is 1.18 bits per heavy atom. The number of hydrogen-bond acceptors (Lipinski definition) is 4. The van der Waals surface area contributed by atoms with Gasteiger partial charge in [0.1, 0.15) is 5.82 Å². The Hall–Kier alpha value is -1.31. The number of thioether (sulfide) groups is 1. The van der Waals surface area contributed by atoms with Gasteiger partial charge in [-0.15, -0.1) is 0 Å². The van der Waals surface area contributed by atoms with Gasteiger partial charge in [-0.05, 0) is 42.5 Å². The molecule has 0 amide bonds. The highest BCUT2D eigenvalue weighted by atomic mass is 32.2. The van der Waals surface area contributed by atoms with Crippen LogP contribution in [0.1, 0.15) is 25.0 Å². The van der Waals surface area contributed by atoms with Crippen molar-refractivity contribution in [1.29, 1.82) is 0 Å². The Morgan fingerprint density at radius 3 is 2.50 bits per heavy atom. The molecule has 1 unspecified atom stereocenters. The van der Waals surface area contributed by atoms with Crippen molar-refractivity contribution >= 4 is 17.7 Å². The zero-order valence-corrected chi connectivity index (χ0v) is 18.8. The second-order valence-corrected chi connectivity index (χ2v) is 8.67. The van der Waals surface area contributed by atoms with Crippen molar-refractivity contribution in [3.05, 3.63) is 35.1 Å². The Kier molecular flexibility index (Phi) is 9.55. The van der Waals surface area contributed by atoms with Crippen molar-refractivity contribution < 1.29 is 4.39 Å². The van der Waals surface area contributed by atoms with Gasteiger partial charge in [-0.1, -0.05) is 19.9 Å². The summed E-state index contributed by atoms with van der Waals surface area (Å²) < 4.78 is 13.5. The molecule has 1 atom stereocenters. The van der Waals surface area contributed by atoms with Crippen molar-refractivity contribution in [2.75, 3.05) is 53.1 Å². The molecule has 1 fully saturated rings. The van der Waals surface area contributed by atoms with E-state index in [1.807, 2.05) is 12.3 Å². The topological polar surface area (TPSA) is 42.9 Å². The predicted octanol–water partition coefficient (Wildman–Crippen LogP) is 2.63. The van der Waals surface area contributed by atoms with Crippen LogP contribution in [0, 0.1) is 11.7 Å². The first-order chi connectivity index (χ1) is 13.4. The van der Waals surface area contributed by atoms with Gasteiger partial charge in [-0.2, -0.15) is 11.8 Å². The molecule has 5 nitrogen and oxygen atoms in total. The van der Waals surface area contributed by atoms with Crippen LogP contribution in [0.2, 0.25) is 0 Å². The van der Waals surface area contributed by atoms with Crippen LogP contribution < -0.4 is 10.6 Å². The average molecular weight is 410 g/mol. The summed E-state index contributed by atoms with van der Waals surface area (Å²) in [4.78, 5) is 9.34. The summed E-state index contributed by atoms with van der Waals surface area (Å²) in [5.41, 5.74) is 2.14. The zero-order chi connectivity index (χ0) is 20.5. The monoisotopic (exact) mass is 409 g/mol. The van der Waals surface area contributed by atoms with Crippen LogP contribution in [0.3, 0.4) is 0 Å². The Morgan fingerprint density at radius 2 is 1.89 bits per heavy atom. The summed E-state index contributed by atoms with van der Waals surface area (Å²) in [6.07, 6.45) is 2.03. The van der Waals surface area contributed by atoms with E-state index in [-0.39, 0.29) is 5.82 Å². The van der Waals surface area contributed by atoms with E-state index in [1.165, 1.54) is 6.07 Å². The lowest BCUT2D eigenvalue weighted by atomic mass is 10.0. The smallest absolute Gasteiger partial charge is 0.191 e. The number of nitrogens with one attached hydrogen (secondary N) is 2. The molecule has 1 heterocycles. The lowest BCUT2D eigenvalue weighted by Crippen LogP contribution is -2.55. The van der Waals surface area contributed by atoms with E-state index in [0.717, 1.165) is 55.6 Å². The van der Waals surface area contributed by atoms with Crippen LogP contribution >= 0.6 is 11.8 Å². The molecule has 0 saturated carbocycles. The molecule has 2 rings (SSSR count). The second-order valence-electron chi connectivity index (χ2n) is 7.80. The summed E-state index contributed by atoms with van der Waals surface area (Å²) in [5.74, 6) is 1.99. The van der Waals surface area contributed by atoms with E-state index in [4.69, 9.17) is 0 Å². The summed E-state index contributed by atoms with van der Waals surface area (Å²) in [6, 6.07) is 5.50. The van der Waals surface area contributed by atoms with E-state index in [0.29, 0.717) is 18.5 Å². The molecular weight excluding hydrogens is 373 g/mol. The predicted molar refractivity (Wildman–Crippen MR) is 120 cm³/mol. The maximum absolute atomic E-state index is 13.5. The first kappa shape index (κ1) is 23.0. The van der Waals surface area contributed by atoms with Crippen LogP contribution in [0.25, 0.3) is 0 Å². The van der Waals surface area contributed by atoms with Crippen LogP contribution in [0.5, 0.6) is 0 Å². The minimum Gasteiger partial charge on any atom is -0.355 e. The number of halogens is 1. The number of piperazine rings is 1. The van der Waals surface area contributed by atoms with E-state index in [9.17, 15) is 4.39 Å². The minimum absolute atomic E-state index is 0.178. The van der Waals surface area contributed by atoms with E-state index in [2.05, 4.69) is 46.3 Å². The van der Waals surface area contributed by atoms with Gasteiger partial charge in [-0.3, -0.25) is 9.89 Å². The zero-order valence-electron chi connectivity index (χ0n) is 18.0. The molecule has 0 radical (unpaired) electrons.